The molecule has 1 aliphatic heterocycles. The molecule has 1 aromatic rings. The van der Waals surface area contributed by atoms with Crippen LogP contribution < -0.4 is 5.73 Å². The maximum Gasteiger partial charge on any atom is 0.123 e. The van der Waals surface area contributed by atoms with Gasteiger partial charge in [-0.1, -0.05) is 25.5 Å². The molecule has 0 spiro atoms. The minimum atomic E-state index is -0.198. The van der Waals surface area contributed by atoms with E-state index in [0.29, 0.717) is 0 Å². The summed E-state index contributed by atoms with van der Waals surface area (Å²) in [5.74, 6) is 0.684. The first kappa shape index (κ1) is 14.5. The van der Waals surface area contributed by atoms with Gasteiger partial charge in [0.25, 0.3) is 0 Å². The van der Waals surface area contributed by atoms with Crippen LogP contribution in [0.4, 0.5) is 4.39 Å². The van der Waals surface area contributed by atoms with E-state index in [-0.39, 0.29) is 11.9 Å². The van der Waals surface area contributed by atoms with Gasteiger partial charge in [-0.15, -0.1) is 0 Å². The standard InChI is InChI=1S/C16H25FN2/c1-2-13-4-3-10-19(11-9-13)12-16(18)14-5-7-15(17)8-6-14/h5-8,13,16H,2-4,9-12,18H2,1H3. The van der Waals surface area contributed by atoms with Crippen molar-refractivity contribution >= 4 is 0 Å². The lowest BCUT2D eigenvalue weighted by molar-refractivity contribution is 0.263. The van der Waals surface area contributed by atoms with E-state index >= 15 is 0 Å². The highest BCUT2D eigenvalue weighted by atomic mass is 19.1. The fraction of sp³-hybridized carbons (Fsp3) is 0.625. The molecule has 2 rings (SSSR count). The van der Waals surface area contributed by atoms with Crippen LogP contribution in [-0.2, 0) is 0 Å². The smallest absolute Gasteiger partial charge is 0.123 e. The van der Waals surface area contributed by atoms with Crippen LogP contribution in [0, 0.1) is 11.7 Å². The number of halogens is 1. The first-order chi connectivity index (χ1) is 9.19. The molecule has 0 aromatic heterocycles. The SMILES string of the molecule is CCC1CCCN(CC(N)c2ccc(F)cc2)CC1. The van der Waals surface area contributed by atoms with Crippen LogP contribution in [0.15, 0.2) is 24.3 Å². The summed E-state index contributed by atoms with van der Waals surface area (Å²) in [7, 11) is 0. The maximum absolute atomic E-state index is 12.9. The summed E-state index contributed by atoms with van der Waals surface area (Å²) in [5, 5.41) is 0. The average molecular weight is 264 g/mol. The average Bonchev–Trinajstić information content (AvgIpc) is 2.64. The predicted molar refractivity (Wildman–Crippen MR) is 77.4 cm³/mol. The van der Waals surface area contributed by atoms with Gasteiger partial charge in [0, 0.05) is 12.6 Å². The number of hydrogen-bond donors (Lipinski definition) is 1. The van der Waals surface area contributed by atoms with Crippen molar-refractivity contribution in [3.05, 3.63) is 35.6 Å². The zero-order chi connectivity index (χ0) is 13.7. The third-order valence-electron chi connectivity index (χ3n) is 4.27. The van der Waals surface area contributed by atoms with E-state index < -0.39 is 0 Å². The molecule has 1 fully saturated rings. The summed E-state index contributed by atoms with van der Waals surface area (Å²) in [6.45, 7) is 5.45. The number of hydrogen-bond acceptors (Lipinski definition) is 2. The molecular formula is C16H25FN2. The number of likely N-dealkylation sites (tertiary alicyclic amines) is 1. The van der Waals surface area contributed by atoms with E-state index in [0.717, 1.165) is 31.1 Å². The summed E-state index contributed by atoms with van der Waals surface area (Å²) >= 11 is 0. The fourth-order valence-corrected chi connectivity index (χ4v) is 2.91. The molecule has 2 N–H and O–H groups in total. The topological polar surface area (TPSA) is 29.3 Å². The molecule has 0 aliphatic carbocycles. The van der Waals surface area contributed by atoms with Gasteiger partial charge in [-0.2, -0.15) is 0 Å². The summed E-state index contributed by atoms with van der Waals surface area (Å²) in [4.78, 5) is 2.46. The zero-order valence-electron chi connectivity index (χ0n) is 11.8. The van der Waals surface area contributed by atoms with Crippen molar-refractivity contribution in [1.29, 1.82) is 0 Å². The molecular weight excluding hydrogens is 239 g/mol. The van der Waals surface area contributed by atoms with Gasteiger partial charge in [0.2, 0.25) is 0 Å². The predicted octanol–water partition coefficient (Wildman–Crippen LogP) is 3.34. The van der Waals surface area contributed by atoms with Gasteiger partial charge >= 0.3 is 0 Å². The van der Waals surface area contributed by atoms with Gasteiger partial charge in [0.1, 0.15) is 5.82 Å². The van der Waals surface area contributed by atoms with E-state index in [1.807, 2.05) is 0 Å². The van der Waals surface area contributed by atoms with Crippen molar-refractivity contribution in [2.24, 2.45) is 11.7 Å². The largest absolute Gasteiger partial charge is 0.323 e. The Hall–Kier alpha value is -0.930. The quantitative estimate of drug-likeness (QED) is 0.903. The molecule has 0 bridgehead atoms. The lowest BCUT2D eigenvalue weighted by Crippen LogP contribution is -2.33. The Morgan fingerprint density at radius 1 is 1.26 bits per heavy atom. The Morgan fingerprint density at radius 2 is 2.00 bits per heavy atom. The zero-order valence-corrected chi connectivity index (χ0v) is 11.8. The first-order valence-corrected chi connectivity index (χ1v) is 7.42. The van der Waals surface area contributed by atoms with Gasteiger partial charge in [-0.05, 0) is 56.0 Å². The summed E-state index contributed by atoms with van der Waals surface area (Å²) in [6, 6.07) is 6.56. The molecule has 0 amide bonds. The van der Waals surface area contributed by atoms with Gasteiger partial charge in [-0.3, -0.25) is 0 Å². The Bertz CT molecular complexity index is 377. The molecule has 19 heavy (non-hydrogen) atoms. The third kappa shape index (κ3) is 4.29. The number of rotatable bonds is 4. The van der Waals surface area contributed by atoms with Crippen molar-refractivity contribution in [3.8, 4) is 0 Å². The lowest BCUT2D eigenvalue weighted by Gasteiger charge is -2.24. The molecule has 2 nitrogen and oxygen atoms in total. The molecule has 1 aromatic carbocycles. The minimum absolute atomic E-state index is 0.0150. The van der Waals surface area contributed by atoms with Crippen LogP contribution in [-0.4, -0.2) is 24.5 Å². The van der Waals surface area contributed by atoms with E-state index in [4.69, 9.17) is 5.73 Å². The number of benzene rings is 1. The molecule has 3 heteroatoms. The Labute approximate surface area is 115 Å². The number of nitrogens with zero attached hydrogens (tertiary/aromatic N) is 1. The van der Waals surface area contributed by atoms with Crippen LogP contribution in [0.2, 0.25) is 0 Å². The van der Waals surface area contributed by atoms with Crippen LogP contribution >= 0.6 is 0 Å². The van der Waals surface area contributed by atoms with E-state index in [2.05, 4.69) is 11.8 Å². The Balaban J connectivity index is 1.88. The van der Waals surface area contributed by atoms with Crippen LogP contribution in [0.3, 0.4) is 0 Å². The molecule has 1 saturated heterocycles. The Kier molecular flexibility index (Phi) is 5.34. The van der Waals surface area contributed by atoms with Crippen molar-refractivity contribution in [2.45, 2.75) is 38.6 Å². The highest BCUT2D eigenvalue weighted by Crippen LogP contribution is 2.21. The molecule has 1 aliphatic rings. The monoisotopic (exact) mass is 264 g/mol. The second kappa shape index (κ2) is 7.01. The molecule has 1 heterocycles. The molecule has 106 valence electrons. The van der Waals surface area contributed by atoms with E-state index in [9.17, 15) is 4.39 Å². The molecule has 2 atom stereocenters. The summed E-state index contributed by atoms with van der Waals surface area (Å²) < 4.78 is 12.9. The summed E-state index contributed by atoms with van der Waals surface area (Å²) in [6.07, 6.45) is 5.19. The van der Waals surface area contributed by atoms with E-state index in [1.54, 1.807) is 12.1 Å². The first-order valence-electron chi connectivity index (χ1n) is 7.42. The highest BCUT2D eigenvalue weighted by molar-refractivity contribution is 5.19. The van der Waals surface area contributed by atoms with Crippen LogP contribution in [0.25, 0.3) is 0 Å². The maximum atomic E-state index is 12.9. The van der Waals surface area contributed by atoms with Crippen molar-refractivity contribution in [2.75, 3.05) is 19.6 Å². The van der Waals surface area contributed by atoms with E-state index in [1.165, 1.54) is 37.8 Å². The van der Waals surface area contributed by atoms with Crippen molar-refractivity contribution < 1.29 is 4.39 Å². The molecule has 2 unspecified atom stereocenters. The van der Waals surface area contributed by atoms with Crippen LogP contribution in [0.5, 0.6) is 0 Å². The lowest BCUT2D eigenvalue weighted by atomic mass is 9.98. The van der Waals surface area contributed by atoms with Crippen LogP contribution in [0.1, 0.15) is 44.2 Å². The van der Waals surface area contributed by atoms with Crippen molar-refractivity contribution in [1.82, 2.24) is 4.90 Å². The normalized spacial score (nSPS) is 23.0. The molecule has 0 saturated carbocycles. The van der Waals surface area contributed by atoms with Gasteiger partial charge in [0.05, 0.1) is 0 Å². The Morgan fingerprint density at radius 3 is 2.68 bits per heavy atom. The third-order valence-corrected chi connectivity index (χ3v) is 4.27. The van der Waals surface area contributed by atoms with Gasteiger partial charge < -0.3 is 10.6 Å². The highest BCUT2D eigenvalue weighted by Gasteiger charge is 2.18. The fourth-order valence-electron chi connectivity index (χ4n) is 2.91. The van der Waals surface area contributed by atoms with Crippen molar-refractivity contribution in [3.63, 3.8) is 0 Å². The van der Waals surface area contributed by atoms with Gasteiger partial charge in [-0.25, -0.2) is 4.39 Å². The van der Waals surface area contributed by atoms with Gasteiger partial charge in [0.15, 0.2) is 0 Å². The summed E-state index contributed by atoms with van der Waals surface area (Å²) in [5.41, 5.74) is 7.26. The second-order valence-corrected chi connectivity index (χ2v) is 5.66. The number of nitrogens with two attached hydrogens (primary N) is 1. The minimum Gasteiger partial charge on any atom is -0.323 e. The second-order valence-electron chi connectivity index (χ2n) is 5.66. The molecule has 0 radical (unpaired) electrons.